The van der Waals surface area contributed by atoms with Crippen molar-refractivity contribution in [2.45, 2.75) is 58.7 Å². The number of nitrogens with zero attached hydrogens (tertiary/aromatic N) is 2. The third-order valence-electron chi connectivity index (χ3n) is 6.80. The minimum atomic E-state index is -3.61. The third kappa shape index (κ3) is 9.35. The summed E-state index contributed by atoms with van der Waals surface area (Å²) in [4.78, 5) is 29.1. The van der Waals surface area contributed by atoms with Crippen LogP contribution in [0.3, 0.4) is 0 Å². The summed E-state index contributed by atoms with van der Waals surface area (Å²) in [7, 11) is -2.09. The molecule has 9 heteroatoms. The van der Waals surface area contributed by atoms with Gasteiger partial charge in [-0.1, -0.05) is 60.7 Å². The van der Waals surface area contributed by atoms with Gasteiger partial charge in [-0.15, -0.1) is 0 Å². The van der Waals surface area contributed by atoms with Crippen molar-refractivity contribution in [3.63, 3.8) is 0 Å². The van der Waals surface area contributed by atoms with Crippen molar-refractivity contribution in [3.05, 3.63) is 95.6 Å². The van der Waals surface area contributed by atoms with Gasteiger partial charge in [0.15, 0.2) is 0 Å². The molecule has 1 N–H and O–H groups in total. The lowest BCUT2D eigenvalue weighted by Crippen LogP contribution is -2.52. The van der Waals surface area contributed by atoms with Gasteiger partial charge >= 0.3 is 0 Å². The number of hydrogen-bond acceptors (Lipinski definition) is 5. The molecule has 3 aromatic rings. The van der Waals surface area contributed by atoms with E-state index in [4.69, 9.17) is 4.74 Å². The second-order valence-electron chi connectivity index (χ2n) is 10.5. The minimum Gasteiger partial charge on any atom is -0.497 e. The van der Waals surface area contributed by atoms with Crippen LogP contribution in [0.5, 0.6) is 5.75 Å². The molecule has 0 spiro atoms. The van der Waals surface area contributed by atoms with Gasteiger partial charge < -0.3 is 15.0 Å². The Hall–Kier alpha value is -3.85. The summed E-state index contributed by atoms with van der Waals surface area (Å²) in [6, 6.07) is 23.4. The molecule has 1 atom stereocenters. The summed E-state index contributed by atoms with van der Waals surface area (Å²) in [6.07, 6.45) is 1.85. The Morgan fingerprint density at radius 2 is 1.63 bits per heavy atom. The van der Waals surface area contributed by atoms with Gasteiger partial charge in [0, 0.05) is 38.0 Å². The molecule has 0 aromatic heterocycles. The van der Waals surface area contributed by atoms with Crippen LogP contribution in [0.4, 0.5) is 5.69 Å². The van der Waals surface area contributed by atoms with Crippen LogP contribution < -0.4 is 14.4 Å². The Balaban J connectivity index is 1.89. The molecule has 41 heavy (non-hydrogen) atoms. The number of aryl methyl sites for hydroxylation is 1. The highest BCUT2D eigenvalue weighted by Crippen LogP contribution is 2.24. The van der Waals surface area contributed by atoms with E-state index in [0.29, 0.717) is 17.9 Å². The number of ether oxygens (including phenoxy) is 1. The molecule has 0 aliphatic heterocycles. The fourth-order valence-corrected chi connectivity index (χ4v) is 5.63. The number of methoxy groups -OCH3 is 1. The Kier molecular flexibility index (Phi) is 11.3. The maximum Gasteiger partial charge on any atom is 0.243 e. The summed E-state index contributed by atoms with van der Waals surface area (Å²) < 4.78 is 31.9. The van der Waals surface area contributed by atoms with E-state index < -0.39 is 16.1 Å². The molecule has 0 radical (unpaired) electrons. The zero-order valence-electron chi connectivity index (χ0n) is 24.5. The van der Waals surface area contributed by atoms with Crippen LogP contribution in [0, 0.1) is 6.92 Å². The van der Waals surface area contributed by atoms with E-state index in [1.807, 2.05) is 75.4 Å². The van der Waals surface area contributed by atoms with E-state index >= 15 is 0 Å². The number of anilines is 1. The molecule has 0 unspecified atom stereocenters. The maximum atomic E-state index is 13.9. The Bertz CT molecular complexity index is 1410. The number of carbonyl (C=O) groups excluding carboxylic acids is 2. The van der Waals surface area contributed by atoms with Crippen LogP contribution in [0.2, 0.25) is 0 Å². The predicted octanol–water partition coefficient (Wildman–Crippen LogP) is 4.71. The number of nitrogens with one attached hydrogen (secondary N) is 1. The second kappa shape index (κ2) is 14.7. The monoisotopic (exact) mass is 579 g/mol. The maximum absolute atomic E-state index is 13.9. The molecule has 0 bridgehead atoms. The normalized spacial score (nSPS) is 12.0. The van der Waals surface area contributed by atoms with Gasteiger partial charge in [0.1, 0.15) is 11.8 Å². The molecule has 0 fully saturated rings. The number of amides is 2. The van der Waals surface area contributed by atoms with Crippen LogP contribution in [0.1, 0.15) is 43.4 Å². The summed E-state index contributed by atoms with van der Waals surface area (Å²) in [5, 5.41) is 2.99. The SMILES string of the molecule is COc1cccc(N(CCCC(=O)N(Cc2ccccc2C)[C@H](Cc2ccccc2)C(=O)NC(C)C)S(C)(=O)=O)c1. The van der Waals surface area contributed by atoms with Crippen LogP contribution in [0.25, 0.3) is 0 Å². The van der Waals surface area contributed by atoms with Crippen LogP contribution >= 0.6 is 0 Å². The first-order valence-electron chi connectivity index (χ1n) is 13.8. The summed E-state index contributed by atoms with van der Waals surface area (Å²) in [5.74, 6) is 0.101. The highest BCUT2D eigenvalue weighted by Gasteiger charge is 2.31. The van der Waals surface area contributed by atoms with Gasteiger partial charge in [0.05, 0.1) is 19.1 Å². The average Bonchev–Trinajstić information content (AvgIpc) is 2.93. The van der Waals surface area contributed by atoms with Gasteiger partial charge in [-0.2, -0.15) is 0 Å². The smallest absolute Gasteiger partial charge is 0.243 e. The first-order valence-corrected chi connectivity index (χ1v) is 15.6. The number of sulfonamides is 1. The second-order valence-corrected chi connectivity index (χ2v) is 12.4. The number of rotatable bonds is 14. The number of benzene rings is 3. The van der Waals surface area contributed by atoms with Crippen molar-refractivity contribution < 1.29 is 22.7 Å². The summed E-state index contributed by atoms with van der Waals surface area (Å²) in [6.45, 7) is 6.14. The van der Waals surface area contributed by atoms with Crippen LogP contribution in [-0.2, 0) is 32.6 Å². The lowest BCUT2D eigenvalue weighted by atomic mass is 10.0. The minimum absolute atomic E-state index is 0.0715. The van der Waals surface area contributed by atoms with Gasteiger partial charge in [-0.3, -0.25) is 13.9 Å². The molecule has 2 amide bonds. The third-order valence-corrected chi connectivity index (χ3v) is 7.99. The Morgan fingerprint density at radius 3 is 2.27 bits per heavy atom. The van der Waals surface area contributed by atoms with E-state index in [-0.39, 0.29) is 43.8 Å². The molecule has 0 heterocycles. The Morgan fingerprint density at radius 1 is 0.951 bits per heavy atom. The van der Waals surface area contributed by atoms with Crippen molar-refractivity contribution in [1.82, 2.24) is 10.2 Å². The van der Waals surface area contributed by atoms with E-state index in [1.165, 1.54) is 11.4 Å². The zero-order valence-corrected chi connectivity index (χ0v) is 25.4. The van der Waals surface area contributed by atoms with Gasteiger partial charge in [0.2, 0.25) is 21.8 Å². The molecule has 220 valence electrons. The van der Waals surface area contributed by atoms with Crippen molar-refractivity contribution in [2.24, 2.45) is 0 Å². The topological polar surface area (TPSA) is 96.0 Å². The number of hydrogen-bond donors (Lipinski definition) is 1. The largest absolute Gasteiger partial charge is 0.497 e. The molecule has 3 aromatic carbocycles. The van der Waals surface area contributed by atoms with Crippen LogP contribution in [-0.4, -0.2) is 57.1 Å². The lowest BCUT2D eigenvalue weighted by molar-refractivity contribution is -0.141. The van der Waals surface area contributed by atoms with Crippen molar-refractivity contribution in [1.29, 1.82) is 0 Å². The molecule has 8 nitrogen and oxygen atoms in total. The molecule has 0 saturated carbocycles. The van der Waals surface area contributed by atoms with Gasteiger partial charge in [-0.05, 0) is 56.0 Å². The molecular weight excluding hydrogens is 538 g/mol. The first-order chi connectivity index (χ1) is 19.5. The quantitative estimate of drug-likeness (QED) is 0.298. The van der Waals surface area contributed by atoms with E-state index in [9.17, 15) is 18.0 Å². The number of carbonyl (C=O) groups is 2. The fourth-order valence-electron chi connectivity index (χ4n) is 4.68. The van der Waals surface area contributed by atoms with E-state index in [0.717, 1.165) is 22.9 Å². The van der Waals surface area contributed by atoms with Crippen molar-refractivity contribution in [3.8, 4) is 5.75 Å². The summed E-state index contributed by atoms with van der Waals surface area (Å²) in [5.41, 5.74) is 3.38. The van der Waals surface area contributed by atoms with E-state index in [1.54, 1.807) is 29.2 Å². The summed E-state index contributed by atoms with van der Waals surface area (Å²) >= 11 is 0. The average molecular weight is 580 g/mol. The molecule has 0 aliphatic carbocycles. The molecular formula is C32H41N3O5S. The highest BCUT2D eigenvalue weighted by atomic mass is 32.2. The van der Waals surface area contributed by atoms with Crippen molar-refractivity contribution >= 4 is 27.5 Å². The first kappa shape index (κ1) is 31.7. The van der Waals surface area contributed by atoms with E-state index in [2.05, 4.69) is 5.32 Å². The fraction of sp³-hybridized carbons (Fsp3) is 0.375. The van der Waals surface area contributed by atoms with Gasteiger partial charge in [-0.25, -0.2) is 8.42 Å². The Labute approximate surface area is 244 Å². The molecule has 0 saturated heterocycles. The molecule has 0 aliphatic rings. The van der Waals surface area contributed by atoms with Crippen molar-refractivity contribution in [2.75, 3.05) is 24.2 Å². The zero-order chi connectivity index (χ0) is 30.0. The van der Waals surface area contributed by atoms with Crippen LogP contribution in [0.15, 0.2) is 78.9 Å². The standard InChI is InChI=1S/C32H41N3O5S/c1-24(2)33-32(37)30(21-26-14-7-6-8-15-26)34(23-27-16-10-9-13-25(27)3)31(36)19-12-20-35(41(5,38)39)28-17-11-18-29(22-28)40-4/h6-11,13-18,22,24,30H,12,19-21,23H2,1-5H3,(H,33,37)/t30-/m1/s1. The molecule has 3 rings (SSSR count). The van der Waals surface area contributed by atoms with Gasteiger partial charge in [0.25, 0.3) is 0 Å². The highest BCUT2D eigenvalue weighted by molar-refractivity contribution is 7.92. The lowest BCUT2D eigenvalue weighted by Gasteiger charge is -2.33. The predicted molar refractivity (Wildman–Crippen MR) is 163 cm³/mol.